The predicted molar refractivity (Wildman–Crippen MR) is 234 cm³/mol. The van der Waals surface area contributed by atoms with Gasteiger partial charge >= 0.3 is 0 Å². The molecular weight excluding hydrogens is 697 g/mol. The Balaban J connectivity index is 1.10. The minimum absolute atomic E-state index is 0.490. The highest BCUT2D eigenvalue weighted by molar-refractivity contribution is 7.26. The molecule has 0 radical (unpaired) electrons. The lowest BCUT2D eigenvalue weighted by molar-refractivity contribution is 0.768. The third-order valence-corrected chi connectivity index (χ3v) is 12.6. The molecule has 0 saturated carbocycles. The molecule has 0 saturated heterocycles. The Hall–Kier alpha value is -6.94. The molecule has 11 rings (SSSR count). The van der Waals surface area contributed by atoms with Gasteiger partial charge in [-0.25, -0.2) is 9.97 Å². The van der Waals surface area contributed by atoms with E-state index in [1.54, 1.807) is 0 Å². The van der Waals surface area contributed by atoms with Crippen molar-refractivity contribution >= 4 is 31.5 Å². The van der Waals surface area contributed by atoms with Crippen LogP contribution >= 0.6 is 11.3 Å². The maximum atomic E-state index is 5.35. The summed E-state index contributed by atoms with van der Waals surface area (Å²) >= 11 is 1.86. The zero-order chi connectivity index (χ0) is 37.1. The Morgan fingerprint density at radius 1 is 0.375 bits per heavy atom. The van der Waals surface area contributed by atoms with Crippen molar-refractivity contribution in [2.24, 2.45) is 0 Å². The molecule has 0 aliphatic heterocycles. The van der Waals surface area contributed by atoms with Crippen LogP contribution in [-0.2, 0) is 5.41 Å². The van der Waals surface area contributed by atoms with Gasteiger partial charge in [-0.1, -0.05) is 194 Å². The normalized spacial score (nSPS) is 12.8. The van der Waals surface area contributed by atoms with Crippen LogP contribution in [0.3, 0.4) is 0 Å². The first-order chi connectivity index (χ1) is 27.8. The first-order valence-corrected chi connectivity index (χ1v) is 19.9. The van der Waals surface area contributed by atoms with E-state index in [-0.39, 0.29) is 0 Å². The number of nitrogens with zero attached hydrogens (tertiary/aromatic N) is 2. The fourth-order valence-electron chi connectivity index (χ4n) is 8.95. The van der Waals surface area contributed by atoms with Gasteiger partial charge in [-0.05, 0) is 56.6 Å². The van der Waals surface area contributed by atoms with E-state index in [9.17, 15) is 0 Å². The van der Waals surface area contributed by atoms with E-state index >= 15 is 0 Å². The molecule has 0 atom stereocenters. The van der Waals surface area contributed by atoms with Gasteiger partial charge in [0.15, 0.2) is 5.82 Å². The number of fused-ring (bicyclic) bond motifs is 6. The molecule has 56 heavy (non-hydrogen) atoms. The van der Waals surface area contributed by atoms with Gasteiger partial charge in [0.05, 0.1) is 16.8 Å². The van der Waals surface area contributed by atoms with Crippen LogP contribution in [0.25, 0.3) is 76.3 Å². The predicted octanol–water partition coefficient (Wildman–Crippen LogP) is 13.9. The number of benzene rings is 8. The summed E-state index contributed by atoms with van der Waals surface area (Å²) in [5.41, 5.74) is 14.3. The lowest BCUT2D eigenvalue weighted by Crippen LogP contribution is -2.28. The Labute approximate surface area is 330 Å². The van der Waals surface area contributed by atoms with Gasteiger partial charge in [0.1, 0.15) is 0 Å². The molecule has 0 unspecified atom stereocenters. The van der Waals surface area contributed by atoms with Crippen molar-refractivity contribution in [3.05, 3.63) is 229 Å². The highest BCUT2D eigenvalue weighted by atomic mass is 32.1. The van der Waals surface area contributed by atoms with E-state index in [2.05, 4.69) is 200 Å². The second-order valence-corrected chi connectivity index (χ2v) is 15.5. The molecule has 0 bridgehead atoms. The Morgan fingerprint density at radius 2 is 0.929 bits per heavy atom. The molecule has 0 amide bonds. The summed E-state index contributed by atoms with van der Waals surface area (Å²) in [7, 11) is 0. The van der Waals surface area contributed by atoms with Crippen molar-refractivity contribution < 1.29 is 0 Å². The maximum Gasteiger partial charge on any atom is 0.160 e. The molecule has 1 aliphatic rings. The number of hydrogen-bond acceptors (Lipinski definition) is 3. The van der Waals surface area contributed by atoms with Gasteiger partial charge in [-0.15, -0.1) is 11.3 Å². The number of rotatable bonds is 6. The van der Waals surface area contributed by atoms with E-state index in [0.717, 1.165) is 28.1 Å². The molecule has 2 aromatic heterocycles. The number of thiophene rings is 1. The second kappa shape index (κ2) is 13.1. The van der Waals surface area contributed by atoms with Crippen molar-refractivity contribution in [3.8, 4) is 56.2 Å². The first-order valence-electron chi connectivity index (χ1n) is 19.1. The first kappa shape index (κ1) is 32.5. The summed E-state index contributed by atoms with van der Waals surface area (Å²) < 4.78 is 2.63. The molecule has 8 aromatic carbocycles. The number of aromatic nitrogens is 2. The Kier molecular flexibility index (Phi) is 7.61. The van der Waals surface area contributed by atoms with Crippen molar-refractivity contribution in [1.29, 1.82) is 0 Å². The fourth-order valence-corrected chi connectivity index (χ4v) is 10.2. The molecule has 10 aromatic rings. The van der Waals surface area contributed by atoms with Gasteiger partial charge in [-0.3, -0.25) is 0 Å². The average Bonchev–Trinajstić information content (AvgIpc) is 3.82. The van der Waals surface area contributed by atoms with Crippen molar-refractivity contribution in [1.82, 2.24) is 9.97 Å². The topological polar surface area (TPSA) is 25.8 Å². The molecule has 0 N–H and O–H groups in total. The van der Waals surface area contributed by atoms with E-state index in [1.807, 2.05) is 17.4 Å². The average molecular weight is 731 g/mol. The maximum absolute atomic E-state index is 5.35. The standard InChI is InChI=1S/C53H34N2S/c1-4-16-37(17-5-1)52-54-47(36-32-30-35(31-33-36)40-24-14-25-42-41-22-11-13-29-49(41)56-51(40)42)34-48(55-52)44-26-15-28-46-50(44)43-23-10-12-27-45(43)53(46,38-18-6-2-7-19-38)39-20-8-3-9-21-39/h1-34H. The summed E-state index contributed by atoms with van der Waals surface area (Å²) in [4.78, 5) is 10.6. The third-order valence-electron chi connectivity index (χ3n) is 11.4. The van der Waals surface area contributed by atoms with Crippen molar-refractivity contribution in [2.75, 3.05) is 0 Å². The summed E-state index contributed by atoms with van der Waals surface area (Å²) in [6, 6.07) is 74.3. The van der Waals surface area contributed by atoms with Crippen LogP contribution in [0.5, 0.6) is 0 Å². The molecule has 2 heterocycles. The molecule has 3 heteroatoms. The van der Waals surface area contributed by atoms with Crippen LogP contribution in [0, 0.1) is 0 Å². The SMILES string of the molecule is c1ccc(-c2nc(-c3ccc(-c4cccc5c4sc4ccccc45)cc3)cc(-c3cccc4c3-c3ccccc3C4(c3ccccc3)c3ccccc3)n2)cc1. The van der Waals surface area contributed by atoms with Crippen molar-refractivity contribution in [3.63, 3.8) is 0 Å². The van der Waals surface area contributed by atoms with E-state index in [4.69, 9.17) is 9.97 Å². The molecule has 0 spiro atoms. The molecule has 2 nitrogen and oxygen atoms in total. The van der Waals surface area contributed by atoms with Gasteiger partial charge in [-0.2, -0.15) is 0 Å². The van der Waals surface area contributed by atoms with Crippen molar-refractivity contribution in [2.45, 2.75) is 5.41 Å². The largest absolute Gasteiger partial charge is 0.228 e. The van der Waals surface area contributed by atoms with Crippen LogP contribution in [0.1, 0.15) is 22.3 Å². The summed E-state index contributed by atoms with van der Waals surface area (Å²) in [6.45, 7) is 0. The quantitative estimate of drug-likeness (QED) is 0.170. The zero-order valence-corrected chi connectivity index (χ0v) is 31.2. The van der Waals surface area contributed by atoms with Gasteiger partial charge in [0.2, 0.25) is 0 Å². The fraction of sp³-hybridized carbons (Fsp3) is 0.0189. The van der Waals surface area contributed by atoms with Gasteiger partial charge in [0, 0.05) is 36.9 Å². The van der Waals surface area contributed by atoms with Crippen LogP contribution in [0.2, 0.25) is 0 Å². The number of hydrogen-bond donors (Lipinski definition) is 0. The van der Waals surface area contributed by atoms with E-state index in [1.165, 1.54) is 64.7 Å². The lowest BCUT2D eigenvalue weighted by Gasteiger charge is -2.33. The monoisotopic (exact) mass is 730 g/mol. The van der Waals surface area contributed by atoms with E-state index < -0.39 is 5.41 Å². The lowest BCUT2D eigenvalue weighted by atomic mass is 9.67. The molecule has 0 fully saturated rings. The zero-order valence-electron chi connectivity index (χ0n) is 30.4. The molecular formula is C53H34N2S. The van der Waals surface area contributed by atoms with E-state index in [0.29, 0.717) is 5.82 Å². The summed E-state index contributed by atoms with van der Waals surface area (Å²) in [6.07, 6.45) is 0. The van der Waals surface area contributed by atoms with Crippen LogP contribution < -0.4 is 0 Å². The minimum atomic E-state index is -0.490. The summed E-state index contributed by atoms with van der Waals surface area (Å²) in [5, 5.41) is 2.62. The Morgan fingerprint density at radius 3 is 1.70 bits per heavy atom. The minimum Gasteiger partial charge on any atom is -0.228 e. The van der Waals surface area contributed by atoms with Crippen LogP contribution in [-0.4, -0.2) is 9.97 Å². The third kappa shape index (κ3) is 5.02. The highest BCUT2D eigenvalue weighted by Crippen LogP contribution is 2.58. The molecule has 1 aliphatic carbocycles. The smallest absolute Gasteiger partial charge is 0.160 e. The van der Waals surface area contributed by atoms with Gasteiger partial charge in [0.25, 0.3) is 0 Å². The highest BCUT2D eigenvalue weighted by Gasteiger charge is 2.46. The Bertz CT molecular complexity index is 3020. The molecule has 262 valence electrons. The van der Waals surface area contributed by atoms with Crippen LogP contribution in [0.15, 0.2) is 206 Å². The second-order valence-electron chi connectivity index (χ2n) is 14.4. The summed E-state index contributed by atoms with van der Waals surface area (Å²) in [5.74, 6) is 0.707. The van der Waals surface area contributed by atoms with Crippen LogP contribution in [0.4, 0.5) is 0 Å². The van der Waals surface area contributed by atoms with Gasteiger partial charge < -0.3 is 0 Å².